The molecule has 0 aromatic carbocycles. The van der Waals surface area contributed by atoms with Crippen LogP contribution in [0.15, 0.2) is 22.9 Å². The van der Waals surface area contributed by atoms with Gasteiger partial charge < -0.3 is 4.57 Å². The minimum atomic E-state index is -0.438. The topological polar surface area (TPSA) is 91.7 Å². The van der Waals surface area contributed by atoms with Crippen LogP contribution in [-0.2, 0) is 25.3 Å². The fourth-order valence-electron chi connectivity index (χ4n) is 3.53. The maximum Gasteiger partial charge on any atom is 0.307 e. The molecular formula is C18H22N6O2S2. The van der Waals surface area contributed by atoms with Gasteiger partial charge in [0.2, 0.25) is 0 Å². The number of thioether (sulfide) groups is 1. The first-order chi connectivity index (χ1) is 13.6. The third-order valence-electron chi connectivity index (χ3n) is 4.96. The quantitative estimate of drug-likeness (QED) is 0.321. The Balaban J connectivity index is 1.58. The van der Waals surface area contributed by atoms with E-state index >= 15 is 0 Å². The van der Waals surface area contributed by atoms with Gasteiger partial charge in [-0.05, 0) is 37.2 Å². The minimum Gasteiger partial charge on any atom is -0.302 e. The lowest BCUT2D eigenvalue weighted by atomic mass is 9.88. The highest BCUT2D eigenvalue weighted by Crippen LogP contribution is 2.38. The Kier molecular flexibility index (Phi) is 5.49. The lowest BCUT2D eigenvalue weighted by Gasteiger charge is -2.19. The Morgan fingerprint density at radius 1 is 1.43 bits per heavy atom. The predicted octanol–water partition coefficient (Wildman–Crippen LogP) is 4.40. The first kappa shape index (κ1) is 19.1. The summed E-state index contributed by atoms with van der Waals surface area (Å²) in [6, 6.07) is 0. The van der Waals surface area contributed by atoms with E-state index in [1.54, 1.807) is 4.68 Å². The van der Waals surface area contributed by atoms with Gasteiger partial charge in [0, 0.05) is 22.4 Å². The summed E-state index contributed by atoms with van der Waals surface area (Å²) in [6.45, 7) is 5.29. The second kappa shape index (κ2) is 8.04. The van der Waals surface area contributed by atoms with Gasteiger partial charge in [0.1, 0.15) is 12.4 Å². The molecule has 1 aliphatic carbocycles. The molecule has 148 valence electrons. The highest BCUT2D eigenvalue weighted by molar-refractivity contribution is 7.98. The van der Waals surface area contributed by atoms with Gasteiger partial charge in [0.15, 0.2) is 11.0 Å². The molecule has 0 aliphatic heterocycles. The summed E-state index contributed by atoms with van der Waals surface area (Å²) in [6.07, 6.45) is 7.16. The molecule has 0 amide bonds. The van der Waals surface area contributed by atoms with E-state index in [2.05, 4.69) is 39.1 Å². The Labute approximate surface area is 171 Å². The zero-order valence-corrected chi connectivity index (χ0v) is 17.5. The molecule has 28 heavy (non-hydrogen) atoms. The molecule has 0 fully saturated rings. The SMILES string of the molecule is CCCn1c(SCn2cc([N+](=O)[O-])cn2)nnc1-c1csc2c1CCC(C)C2. The number of aromatic nitrogens is 5. The first-order valence-electron chi connectivity index (χ1n) is 9.39. The van der Waals surface area contributed by atoms with Crippen molar-refractivity contribution in [2.45, 2.75) is 57.1 Å². The van der Waals surface area contributed by atoms with Gasteiger partial charge in [-0.3, -0.25) is 14.8 Å². The highest BCUT2D eigenvalue weighted by Gasteiger charge is 2.24. The van der Waals surface area contributed by atoms with E-state index in [1.807, 2.05) is 11.3 Å². The van der Waals surface area contributed by atoms with Crippen molar-refractivity contribution in [3.8, 4) is 11.4 Å². The van der Waals surface area contributed by atoms with Crippen LogP contribution in [0.25, 0.3) is 11.4 Å². The highest BCUT2D eigenvalue weighted by atomic mass is 32.2. The summed E-state index contributed by atoms with van der Waals surface area (Å²) in [7, 11) is 0. The van der Waals surface area contributed by atoms with E-state index < -0.39 is 4.92 Å². The molecule has 0 saturated carbocycles. The summed E-state index contributed by atoms with van der Waals surface area (Å²) in [5.41, 5.74) is 2.65. The largest absolute Gasteiger partial charge is 0.307 e. The second-order valence-electron chi connectivity index (χ2n) is 7.13. The molecule has 1 unspecified atom stereocenters. The molecule has 0 spiro atoms. The molecule has 0 radical (unpaired) electrons. The molecule has 3 heterocycles. The van der Waals surface area contributed by atoms with E-state index in [4.69, 9.17) is 0 Å². The fourth-order valence-corrected chi connectivity index (χ4v) is 5.59. The van der Waals surface area contributed by atoms with E-state index in [-0.39, 0.29) is 5.69 Å². The van der Waals surface area contributed by atoms with Gasteiger partial charge in [-0.1, -0.05) is 25.6 Å². The summed E-state index contributed by atoms with van der Waals surface area (Å²) in [5.74, 6) is 2.13. The monoisotopic (exact) mass is 418 g/mol. The number of hydrogen-bond donors (Lipinski definition) is 0. The van der Waals surface area contributed by atoms with Crippen LogP contribution in [0.2, 0.25) is 0 Å². The van der Waals surface area contributed by atoms with E-state index in [0.29, 0.717) is 5.88 Å². The molecule has 0 saturated heterocycles. The van der Waals surface area contributed by atoms with Crippen molar-refractivity contribution in [1.82, 2.24) is 24.5 Å². The van der Waals surface area contributed by atoms with Crippen molar-refractivity contribution in [2.75, 3.05) is 0 Å². The third kappa shape index (κ3) is 3.70. The Morgan fingerprint density at radius 2 is 2.29 bits per heavy atom. The molecule has 8 nitrogen and oxygen atoms in total. The first-order valence-corrected chi connectivity index (χ1v) is 11.3. The molecule has 0 bridgehead atoms. The molecule has 3 aromatic heterocycles. The van der Waals surface area contributed by atoms with Gasteiger partial charge in [-0.15, -0.1) is 21.5 Å². The van der Waals surface area contributed by atoms with Crippen LogP contribution in [0, 0.1) is 16.0 Å². The zero-order chi connectivity index (χ0) is 19.7. The molecule has 10 heteroatoms. The number of rotatable bonds is 7. The van der Waals surface area contributed by atoms with Gasteiger partial charge in [-0.25, -0.2) is 0 Å². The molecular weight excluding hydrogens is 396 g/mol. The number of fused-ring (bicyclic) bond motifs is 1. The summed E-state index contributed by atoms with van der Waals surface area (Å²) < 4.78 is 3.73. The van der Waals surface area contributed by atoms with Crippen LogP contribution in [-0.4, -0.2) is 29.5 Å². The van der Waals surface area contributed by atoms with Crippen LogP contribution in [0.1, 0.15) is 37.1 Å². The number of thiophene rings is 1. The van der Waals surface area contributed by atoms with Crippen molar-refractivity contribution in [3.05, 3.63) is 38.3 Å². The van der Waals surface area contributed by atoms with Gasteiger partial charge in [0.05, 0.1) is 10.8 Å². The maximum absolute atomic E-state index is 10.8. The van der Waals surface area contributed by atoms with Crippen molar-refractivity contribution in [3.63, 3.8) is 0 Å². The predicted molar refractivity (Wildman–Crippen MR) is 110 cm³/mol. The Bertz CT molecular complexity index is 992. The van der Waals surface area contributed by atoms with Gasteiger partial charge >= 0.3 is 5.69 Å². The number of nitro groups is 1. The number of hydrogen-bond acceptors (Lipinski definition) is 7. The zero-order valence-electron chi connectivity index (χ0n) is 15.9. The normalized spacial score (nSPS) is 16.3. The van der Waals surface area contributed by atoms with Crippen molar-refractivity contribution in [2.24, 2.45) is 5.92 Å². The lowest BCUT2D eigenvalue weighted by Crippen LogP contribution is -2.10. The van der Waals surface area contributed by atoms with Crippen LogP contribution < -0.4 is 0 Å². The molecule has 0 N–H and O–H groups in total. The van der Waals surface area contributed by atoms with E-state index in [1.165, 1.54) is 46.6 Å². The van der Waals surface area contributed by atoms with Gasteiger partial charge in [0.25, 0.3) is 0 Å². The summed E-state index contributed by atoms with van der Waals surface area (Å²) in [4.78, 5) is 11.9. The van der Waals surface area contributed by atoms with E-state index in [9.17, 15) is 10.1 Å². The lowest BCUT2D eigenvalue weighted by molar-refractivity contribution is -0.385. The second-order valence-corrected chi connectivity index (χ2v) is 9.00. The minimum absolute atomic E-state index is 0.00422. The van der Waals surface area contributed by atoms with Crippen LogP contribution in [0.5, 0.6) is 0 Å². The van der Waals surface area contributed by atoms with E-state index in [0.717, 1.165) is 42.7 Å². The van der Waals surface area contributed by atoms with Crippen LogP contribution in [0.4, 0.5) is 5.69 Å². The molecule has 1 atom stereocenters. The molecule has 4 rings (SSSR count). The fraction of sp³-hybridized carbons (Fsp3) is 0.500. The molecule has 3 aromatic rings. The Hall–Kier alpha value is -2.20. The van der Waals surface area contributed by atoms with Crippen molar-refractivity contribution < 1.29 is 4.92 Å². The standard InChI is InChI=1S/C18H22N6O2S2/c1-3-6-23-17(15-10-27-16-7-12(2)4-5-14(15)16)20-21-18(23)28-11-22-9-13(8-19-22)24(25)26/h8-10,12H,3-7,11H2,1-2H3. The maximum atomic E-state index is 10.8. The molecule has 1 aliphatic rings. The van der Waals surface area contributed by atoms with Crippen molar-refractivity contribution in [1.29, 1.82) is 0 Å². The average Bonchev–Trinajstić information content (AvgIpc) is 3.38. The summed E-state index contributed by atoms with van der Waals surface area (Å²) in [5, 5.41) is 26.8. The average molecular weight is 419 g/mol. The Morgan fingerprint density at radius 3 is 3.04 bits per heavy atom. The van der Waals surface area contributed by atoms with Crippen LogP contribution in [0.3, 0.4) is 0 Å². The number of nitrogens with zero attached hydrogens (tertiary/aromatic N) is 6. The van der Waals surface area contributed by atoms with Gasteiger partial charge in [-0.2, -0.15) is 5.10 Å². The summed E-state index contributed by atoms with van der Waals surface area (Å²) >= 11 is 3.33. The van der Waals surface area contributed by atoms with Crippen molar-refractivity contribution >= 4 is 28.8 Å². The van der Waals surface area contributed by atoms with Crippen LogP contribution >= 0.6 is 23.1 Å². The smallest absolute Gasteiger partial charge is 0.302 e. The third-order valence-corrected chi connectivity index (χ3v) is 6.97.